The topological polar surface area (TPSA) is 90.9 Å². The average Bonchev–Trinajstić information content (AvgIpc) is 2.87. The number of hydrogen-bond donors (Lipinski definition) is 1. The van der Waals surface area contributed by atoms with E-state index in [1.165, 1.54) is 14.0 Å². The Morgan fingerprint density at radius 2 is 1.44 bits per heavy atom. The van der Waals surface area contributed by atoms with Crippen molar-refractivity contribution in [3.8, 4) is 5.75 Å². The summed E-state index contributed by atoms with van der Waals surface area (Å²) in [5.41, 5.74) is 2.86. The number of methoxy groups -OCH3 is 1. The van der Waals surface area contributed by atoms with Crippen molar-refractivity contribution in [2.24, 2.45) is 0 Å². The molecule has 0 aliphatic carbocycles. The number of alkyl carbamates (subject to hydrolysis) is 1. The molecule has 0 saturated heterocycles. The molecule has 7 heteroatoms. The SMILES string of the molecule is COC(=O)[C@H](Cc1ccc(OCc2ccccc2)c(C(C)=O)c1)NC(=O)OCc1ccccc1. The maximum atomic E-state index is 12.3. The standard InChI is InChI=1S/C27H27NO6/c1-19(29)23-15-22(13-14-25(23)33-17-20-9-5-3-6-10-20)16-24(26(30)32-2)28-27(31)34-18-21-11-7-4-8-12-21/h3-15,24H,16-18H2,1-2H3,(H,28,31)/t24-/m0/s1. The minimum atomic E-state index is -0.982. The first-order valence-corrected chi connectivity index (χ1v) is 10.8. The highest BCUT2D eigenvalue weighted by atomic mass is 16.6. The Hall–Kier alpha value is -4.13. The highest BCUT2D eigenvalue weighted by molar-refractivity contribution is 5.97. The van der Waals surface area contributed by atoms with Gasteiger partial charge in [0.05, 0.1) is 12.7 Å². The zero-order chi connectivity index (χ0) is 24.3. The Bertz CT molecular complexity index is 1110. The monoisotopic (exact) mass is 461 g/mol. The third-order valence-electron chi connectivity index (χ3n) is 5.09. The second kappa shape index (κ2) is 12.2. The van der Waals surface area contributed by atoms with Crippen molar-refractivity contribution in [3.63, 3.8) is 0 Å². The van der Waals surface area contributed by atoms with E-state index in [4.69, 9.17) is 14.2 Å². The smallest absolute Gasteiger partial charge is 0.408 e. The van der Waals surface area contributed by atoms with Crippen molar-refractivity contribution in [1.29, 1.82) is 0 Å². The van der Waals surface area contributed by atoms with Crippen LogP contribution in [0.5, 0.6) is 5.75 Å². The molecule has 0 fully saturated rings. The molecule has 7 nitrogen and oxygen atoms in total. The van der Waals surface area contributed by atoms with Gasteiger partial charge in [-0.25, -0.2) is 9.59 Å². The Morgan fingerprint density at radius 1 is 0.824 bits per heavy atom. The number of ketones is 1. The first kappa shape index (κ1) is 24.5. The van der Waals surface area contributed by atoms with Crippen LogP contribution in [-0.2, 0) is 33.9 Å². The van der Waals surface area contributed by atoms with E-state index in [0.717, 1.165) is 11.1 Å². The van der Waals surface area contributed by atoms with E-state index in [2.05, 4.69) is 5.32 Å². The highest BCUT2D eigenvalue weighted by Crippen LogP contribution is 2.23. The number of nitrogens with one attached hydrogen (secondary N) is 1. The molecule has 1 N–H and O–H groups in total. The molecule has 3 rings (SSSR count). The third kappa shape index (κ3) is 7.20. The molecular formula is C27H27NO6. The Kier molecular flexibility index (Phi) is 8.80. The first-order valence-electron chi connectivity index (χ1n) is 10.8. The number of benzene rings is 3. The Balaban J connectivity index is 1.67. The van der Waals surface area contributed by atoms with Crippen LogP contribution in [0.15, 0.2) is 78.9 Å². The molecule has 1 atom stereocenters. The van der Waals surface area contributed by atoms with Crippen LogP contribution in [0.3, 0.4) is 0 Å². The van der Waals surface area contributed by atoms with Gasteiger partial charge in [-0.15, -0.1) is 0 Å². The molecule has 176 valence electrons. The predicted molar refractivity (Wildman–Crippen MR) is 126 cm³/mol. The van der Waals surface area contributed by atoms with Crippen molar-refractivity contribution in [2.45, 2.75) is 32.6 Å². The lowest BCUT2D eigenvalue weighted by atomic mass is 10.0. The molecule has 0 spiro atoms. The number of esters is 1. The van der Waals surface area contributed by atoms with Crippen molar-refractivity contribution in [2.75, 3.05) is 7.11 Å². The summed E-state index contributed by atoms with van der Waals surface area (Å²) in [5.74, 6) is -0.342. The van der Waals surface area contributed by atoms with E-state index in [9.17, 15) is 14.4 Å². The lowest BCUT2D eigenvalue weighted by molar-refractivity contribution is -0.143. The van der Waals surface area contributed by atoms with Crippen LogP contribution in [0.4, 0.5) is 4.79 Å². The molecule has 3 aromatic rings. The molecule has 0 saturated carbocycles. The van der Waals surface area contributed by atoms with E-state index in [0.29, 0.717) is 23.5 Å². The highest BCUT2D eigenvalue weighted by Gasteiger charge is 2.23. The number of carbonyl (C=O) groups is 3. The van der Waals surface area contributed by atoms with Crippen LogP contribution in [0.2, 0.25) is 0 Å². The number of ether oxygens (including phenoxy) is 3. The fourth-order valence-electron chi connectivity index (χ4n) is 3.32. The molecule has 0 heterocycles. The zero-order valence-electron chi connectivity index (χ0n) is 19.2. The normalized spacial score (nSPS) is 11.2. The summed E-state index contributed by atoms with van der Waals surface area (Å²) < 4.78 is 15.9. The van der Waals surface area contributed by atoms with Crippen LogP contribution in [0, 0.1) is 0 Å². The van der Waals surface area contributed by atoms with Crippen molar-refractivity contribution in [1.82, 2.24) is 5.32 Å². The molecule has 3 aromatic carbocycles. The van der Waals surface area contributed by atoms with Gasteiger partial charge in [-0.2, -0.15) is 0 Å². The average molecular weight is 462 g/mol. The fraction of sp³-hybridized carbons (Fsp3) is 0.222. The van der Waals surface area contributed by atoms with E-state index in [-0.39, 0.29) is 18.8 Å². The summed E-state index contributed by atoms with van der Waals surface area (Å²) in [7, 11) is 1.24. The maximum Gasteiger partial charge on any atom is 0.408 e. The van der Waals surface area contributed by atoms with Crippen molar-refractivity contribution >= 4 is 17.8 Å². The van der Waals surface area contributed by atoms with Gasteiger partial charge in [0.15, 0.2) is 5.78 Å². The summed E-state index contributed by atoms with van der Waals surface area (Å²) in [4.78, 5) is 36.8. The molecule has 34 heavy (non-hydrogen) atoms. The lowest BCUT2D eigenvalue weighted by Gasteiger charge is -2.18. The van der Waals surface area contributed by atoms with Crippen LogP contribution < -0.4 is 10.1 Å². The van der Waals surface area contributed by atoms with Crippen LogP contribution >= 0.6 is 0 Å². The Labute approximate surface area is 198 Å². The summed E-state index contributed by atoms with van der Waals surface area (Å²) in [6.45, 7) is 1.84. The van der Waals surface area contributed by atoms with Gasteiger partial charge in [0.1, 0.15) is 25.0 Å². The van der Waals surface area contributed by atoms with Gasteiger partial charge in [0.2, 0.25) is 0 Å². The second-order valence-corrected chi connectivity index (χ2v) is 7.65. The number of hydrogen-bond acceptors (Lipinski definition) is 6. The van der Waals surface area contributed by atoms with Gasteiger partial charge in [-0.05, 0) is 35.7 Å². The van der Waals surface area contributed by atoms with Gasteiger partial charge in [-0.3, -0.25) is 4.79 Å². The molecule has 0 radical (unpaired) electrons. The van der Waals surface area contributed by atoms with E-state index in [1.54, 1.807) is 18.2 Å². The van der Waals surface area contributed by atoms with Gasteiger partial charge >= 0.3 is 12.1 Å². The molecule has 0 bridgehead atoms. The van der Waals surface area contributed by atoms with Gasteiger partial charge in [-0.1, -0.05) is 66.7 Å². The lowest BCUT2D eigenvalue weighted by Crippen LogP contribution is -2.43. The van der Waals surface area contributed by atoms with Crippen LogP contribution in [0.1, 0.15) is 34.0 Å². The van der Waals surface area contributed by atoms with Crippen molar-refractivity contribution in [3.05, 3.63) is 101 Å². The van der Waals surface area contributed by atoms with Gasteiger partial charge in [0.25, 0.3) is 0 Å². The first-order chi connectivity index (χ1) is 16.5. The largest absolute Gasteiger partial charge is 0.488 e. The van der Waals surface area contributed by atoms with E-state index < -0.39 is 18.1 Å². The molecule has 0 aromatic heterocycles. The summed E-state index contributed by atoms with van der Waals surface area (Å²) >= 11 is 0. The maximum absolute atomic E-state index is 12.3. The van der Waals surface area contributed by atoms with Crippen LogP contribution in [-0.4, -0.2) is 31.0 Å². The number of amides is 1. The second-order valence-electron chi connectivity index (χ2n) is 7.65. The third-order valence-corrected chi connectivity index (χ3v) is 5.09. The van der Waals surface area contributed by atoms with Crippen molar-refractivity contribution < 1.29 is 28.6 Å². The summed E-state index contributed by atoms with van der Waals surface area (Å²) in [6.07, 6.45) is -0.624. The van der Waals surface area contributed by atoms with Gasteiger partial charge < -0.3 is 19.5 Å². The summed E-state index contributed by atoms with van der Waals surface area (Å²) in [5, 5.41) is 2.54. The minimum Gasteiger partial charge on any atom is -0.488 e. The number of carbonyl (C=O) groups excluding carboxylic acids is 3. The Morgan fingerprint density at radius 3 is 2.03 bits per heavy atom. The van der Waals surface area contributed by atoms with E-state index >= 15 is 0 Å². The van der Waals surface area contributed by atoms with Gasteiger partial charge in [0, 0.05) is 6.42 Å². The predicted octanol–water partition coefficient (Wildman–Crippen LogP) is 4.48. The molecular weight excluding hydrogens is 434 g/mol. The minimum absolute atomic E-state index is 0.0719. The molecule has 0 unspecified atom stereocenters. The molecule has 0 aliphatic rings. The molecule has 0 aliphatic heterocycles. The molecule has 1 amide bonds. The summed E-state index contributed by atoms with van der Waals surface area (Å²) in [6, 6.07) is 22.9. The number of Topliss-reactive ketones (excluding diaryl/α,β-unsaturated/α-hetero) is 1. The van der Waals surface area contributed by atoms with E-state index in [1.807, 2.05) is 60.7 Å². The quantitative estimate of drug-likeness (QED) is 0.354. The number of rotatable bonds is 10. The zero-order valence-corrected chi connectivity index (χ0v) is 19.2. The fourth-order valence-corrected chi connectivity index (χ4v) is 3.32. The van der Waals surface area contributed by atoms with Crippen LogP contribution in [0.25, 0.3) is 0 Å².